The van der Waals surface area contributed by atoms with Gasteiger partial charge in [-0.15, -0.1) is 0 Å². The van der Waals surface area contributed by atoms with Gasteiger partial charge in [-0.05, 0) is 18.2 Å². The van der Waals surface area contributed by atoms with E-state index in [2.05, 4.69) is 5.11 Å². The summed E-state index contributed by atoms with van der Waals surface area (Å²) in [5.41, 5.74) is 8.27. The summed E-state index contributed by atoms with van der Waals surface area (Å²) in [5.74, 6) is -1.15. The zero-order chi connectivity index (χ0) is 9.14. The van der Waals surface area contributed by atoms with Crippen molar-refractivity contribution in [2.45, 2.75) is 0 Å². The summed E-state index contributed by atoms with van der Waals surface area (Å²) in [6.45, 7) is 0. The van der Waals surface area contributed by atoms with Crippen LogP contribution in [0.1, 0.15) is 10.4 Å². The van der Waals surface area contributed by atoms with E-state index in [1.165, 1.54) is 18.2 Å². The fourth-order valence-electron chi connectivity index (χ4n) is 0.768. The maximum absolute atomic E-state index is 10.5. The first-order valence-corrected chi connectivity index (χ1v) is 3.41. The van der Waals surface area contributed by atoms with E-state index >= 15 is 0 Å². The molecule has 0 fully saturated rings. The van der Waals surface area contributed by atoms with Crippen molar-refractivity contribution in [3.8, 4) is 0 Å². The summed E-state index contributed by atoms with van der Waals surface area (Å²) in [6, 6.07) is 3.96. The van der Waals surface area contributed by atoms with Crippen LogP contribution in [-0.2, 0) is 0 Å². The number of carboxylic acid groups (broad SMARTS) is 1. The van der Waals surface area contributed by atoms with Crippen LogP contribution in [0.4, 0.5) is 5.69 Å². The lowest BCUT2D eigenvalue weighted by Gasteiger charge is -2.02. The molecule has 0 unspecified atom stereocenters. The third kappa shape index (κ3) is 1.60. The first-order chi connectivity index (χ1) is 5.65. The molecular weight excluding hydrogens is 180 g/mol. The molecule has 1 rings (SSSR count). The van der Waals surface area contributed by atoms with E-state index in [9.17, 15) is 4.79 Å². The Morgan fingerprint density at radius 3 is 2.75 bits per heavy atom. The Morgan fingerprint density at radius 1 is 1.58 bits per heavy atom. The number of nitrogens with zero attached hydrogens (tertiary/aromatic N) is 2. The van der Waals surface area contributed by atoms with Gasteiger partial charge in [-0.1, -0.05) is 11.6 Å². The van der Waals surface area contributed by atoms with Gasteiger partial charge in [0.15, 0.2) is 0 Å². The van der Waals surface area contributed by atoms with Crippen molar-refractivity contribution in [3.63, 3.8) is 0 Å². The molecule has 0 radical (unpaired) electrons. The van der Waals surface area contributed by atoms with Gasteiger partial charge in [0.1, 0.15) is 0 Å². The fourth-order valence-corrected chi connectivity index (χ4v) is 0.935. The number of hydrogen-bond donors (Lipinski definition) is 1. The van der Waals surface area contributed by atoms with Crippen molar-refractivity contribution >= 4 is 23.3 Å². The molecule has 0 aromatic heterocycles. The molecular formula is C7H4ClN2O2-. The molecule has 1 aromatic carbocycles. The Hall–Kier alpha value is -1.42. The first-order valence-electron chi connectivity index (χ1n) is 3.03. The molecule has 0 bridgehead atoms. The van der Waals surface area contributed by atoms with E-state index in [4.69, 9.17) is 22.2 Å². The number of benzene rings is 1. The van der Waals surface area contributed by atoms with Gasteiger partial charge in [-0.3, -0.25) is 0 Å². The van der Waals surface area contributed by atoms with E-state index in [0.717, 1.165) is 0 Å². The number of carboxylic acids is 1. The highest BCUT2D eigenvalue weighted by Gasteiger charge is 2.06. The third-order valence-electron chi connectivity index (χ3n) is 1.30. The van der Waals surface area contributed by atoms with Crippen molar-refractivity contribution in [1.29, 1.82) is 0 Å². The van der Waals surface area contributed by atoms with Crippen LogP contribution in [0.25, 0.3) is 5.53 Å². The average Bonchev–Trinajstić information content (AvgIpc) is 2.03. The predicted octanol–water partition coefficient (Wildman–Crippen LogP) is 2.69. The second-order valence-electron chi connectivity index (χ2n) is 2.07. The Bertz CT molecular complexity index is 338. The lowest BCUT2D eigenvalue weighted by atomic mass is 10.2. The molecule has 0 aliphatic heterocycles. The summed E-state index contributed by atoms with van der Waals surface area (Å²) in [4.78, 5) is 10.5. The Morgan fingerprint density at radius 2 is 2.25 bits per heavy atom. The van der Waals surface area contributed by atoms with Crippen LogP contribution >= 0.6 is 11.6 Å². The minimum Gasteiger partial charge on any atom is -0.706 e. The van der Waals surface area contributed by atoms with Gasteiger partial charge >= 0.3 is 5.97 Å². The summed E-state index contributed by atoms with van der Waals surface area (Å²) in [7, 11) is 0. The Kier molecular flexibility index (Phi) is 2.40. The SMILES string of the molecule is [N-]=Nc1cc(Cl)ccc1C(=O)O. The topological polar surface area (TPSA) is 72.0 Å². The van der Waals surface area contributed by atoms with Crippen molar-refractivity contribution in [2.75, 3.05) is 0 Å². The van der Waals surface area contributed by atoms with E-state index in [1.807, 2.05) is 0 Å². The van der Waals surface area contributed by atoms with Gasteiger partial charge in [0.25, 0.3) is 0 Å². The van der Waals surface area contributed by atoms with Gasteiger partial charge in [-0.25, -0.2) is 4.79 Å². The molecule has 0 aliphatic carbocycles. The van der Waals surface area contributed by atoms with Crippen molar-refractivity contribution < 1.29 is 9.90 Å². The van der Waals surface area contributed by atoms with Gasteiger partial charge in [0.2, 0.25) is 0 Å². The second-order valence-corrected chi connectivity index (χ2v) is 2.50. The summed E-state index contributed by atoms with van der Waals surface area (Å²) < 4.78 is 0. The minimum atomic E-state index is -1.15. The molecule has 0 amide bonds. The summed E-state index contributed by atoms with van der Waals surface area (Å²) in [6.07, 6.45) is 0. The zero-order valence-corrected chi connectivity index (χ0v) is 6.62. The van der Waals surface area contributed by atoms with Crippen LogP contribution < -0.4 is 0 Å². The van der Waals surface area contributed by atoms with Crippen molar-refractivity contribution in [2.24, 2.45) is 5.11 Å². The normalized spacial score (nSPS) is 9.42. The van der Waals surface area contributed by atoms with Gasteiger partial charge in [0, 0.05) is 5.02 Å². The molecule has 1 aromatic rings. The Labute approximate surface area is 73.3 Å². The molecule has 0 atom stereocenters. The summed E-state index contributed by atoms with van der Waals surface area (Å²) >= 11 is 5.54. The van der Waals surface area contributed by atoms with Crippen LogP contribution in [0.3, 0.4) is 0 Å². The van der Waals surface area contributed by atoms with Crippen LogP contribution in [0, 0.1) is 0 Å². The molecule has 12 heavy (non-hydrogen) atoms. The smallest absolute Gasteiger partial charge is 0.337 e. The Balaban J connectivity index is 3.29. The van der Waals surface area contributed by atoms with Crippen LogP contribution in [-0.4, -0.2) is 11.1 Å². The van der Waals surface area contributed by atoms with Gasteiger partial charge in [0.05, 0.1) is 11.3 Å². The lowest BCUT2D eigenvalue weighted by molar-refractivity contribution is 0.0698. The van der Waals surface area contributed by atoms with Crippen LogP contribution in [0.15, 0.2) is 23.3 Å². The van der Waals surface area contributed by atoms with E-state index in [0.29, 0.717) is 5.02 Å². The number of rotatable bonds is 2. The van der Waals surface area contributed by atoms with Crippen LogP contribution in [0.2, 0.25) is 5.02 Å². The maximum atomic E-state index is 10.5. The second kappa shape index (κ2) is 3.32. The highest BCUT2D eigenvalue weighted by atomic mass is 35.5. The van der Waals surface area contributed by atoms with E-state index < -0.39 is 5.97 Å². The molecule has 1 N–H and O–H groups in total. The molecule has 0 saturated carbocycles. The molecule has 0 spiro atoms. The zero-order valence-electron chi connectivity index (χ0n) is 5.86. The molecule has 4 nitrogen and oxygen atoms in total. The predicted molar refractivity (Wildman–Crippen MR) is 43.9 cm³/mol. The maximum Gasteiger partial charge on any atom is 0.337 e. The quantitative estimate of drug-likeness (QED) is 0.716. The third-order valence-corrected chi connectivity index (χ3v) is 1.53. The average molecular weight is 184 g/mol. The van der Waals surface area contributed by atoms with Crippen molar-refractivity contribution in [1.82, 2.24) is 0 Å². The monoisotopic (exact) mass is 183 g/mol. The molecule has 0 aliphatic rings. The number of halogens is 1. The molecule has 0 heterocycles. The lowest BCUT2D eigenvalue weighted by Crippen LogP contribution is -1.95. The van der Waals surface area contributed by atoms with Gasteiger partial charge < -0.3 is 15.8 Å². The van der Waals surface area contributed by atoms with Crippen LogP contribution in [0.5, 0.6) is 0 Å². The first kappa shape index (κ1) is 8.67. The number of carbonyl (C=O) groups is 1. The van der Waals surface area contributed by atoms with E-state index in [1.54, 1.807) is 0 Å². The highest BCUT2D eigenvalue weighted by molar-refractivity contribution is 6.31. The minimum absolute atomic E-state index is 0.0463. The highest BCUT2D eigenvalue weighted by Crippen LogP contribution is 2.23. The van der Waals surface area contributed by atoms with E-state index in [-0.39, 0.29) is 11.3 Å². The summed E-state index contributed by atoms with van der Waals surface area (Å²) in [5, 5.41) is 11.7. The van der Waals surface area contributed by atoms with Crippen molar-refractivity contribution in [3.05, 3.63) is 34.3 Å². The number of hydrogen-bond acceptors (Lipinski definition) is 2. The molecule has 5 heteroatoms. The molecule has 62 valence electrons. The molecule has 0 saturated heterocycles. The largest absolute Gasteiger partial charge is 0.706 e. The standard InChI is InChI=1S/C7H4ClN2O2/c8-4-1-2-5(7(11)12)6(3-4)10-9/h1-3H,(H,11,12)/q-1. The number of aromatic carboxylic acids is 1. The van der Waals surface area contributed by atoms with Gasteiger partial charge in [-0.2, -0.15) is 0 Å². The fraction of sp³-hybridized carbons (Fsp3) is 0.